The molecular weight excluding hydrogens is 436 g/mol. The van der Waals surface area contributed by atoms with Crippen LogP contribution >= 0.6 is 0 Å². The van der Waals surface area contributed by atoms with E-state index in [0.717, 1.165) is 39.7 Å². The molecule has 0 spiro atoms. The van der Waals surface area contributed by atoms with E-state index >= 15 is 0 Å². The number of phenolic OH excluding ortho intramolecular Hbond substituents is 2. The first-order chi connectivity index (χ1) is 15.8. The van der Waals surface area contributed by atoms with Crippen LogP contribution in [0.2, 0.25) is 0 Å². The van der Waals surface area contributed by atoms with Crippen molar-refractivity contribution in [1.29, 1.82) is 0 Å². The number of hydrogen-bond acceptors (Lipinski definition) is 6. The minimum Gasteiger partial charge on any atom is -0.507 e. The number of methoxy groups -OCH3 is 1. The van der Waals surface area contributed by atoms with Crippen LogP contribution in [0, 0.1) is 20.8 Å². The molecule has 0 fully saturated rings. The van der Waals surface area contributed by atoms with Crippen molar-refractivity contribution in [3.63, 3.8) is 0 Å². The third-order valence-corrected chi connectivity index (χ3v) is 7.75. The summed E-state index contributed by atoms with van der Waals surface area (Å²) in [5, 5.41) is 24.1. The standard InChI is InChI=1S/C26H30N2O4S/c1-16-10-11-23-24(18(16)3)28(20-8-5-6-9-22(20)33(23)31)13-7-12-27-15-19-25(29)17(2)14-21(32-4)26(19)30/h5-6,8-11,14,27,29-30H,7,12-13,15H2,1-4H3. The van der Waals surface area contributed by atoms with E-state index in [-0.39, 0.29) is 11.5 Å². The molecule has 0 saturated heterocycles. The second-order valence-electron chi connectivity index (χ2n) is 8.34. The Morgan fingerprint density at radius 2 is 1.76 bits per heavy atom. The van der Waals surface area contributed by atoms with Crippen molar-refractivity contribution in [2.24, 2.45) is 0 Å². The molecule has 3 aromatic rings. The smallest absolute Gasteiger partial charge is 0.166 e. The van der Waals surface area contributed by atoms with Gasteiger partial charge in [-0.3, -0.25) is 0 Å². The van der Waals surface area contributed by atoms with Gasteiger partial charge in [-0.1, -0.05) is 18.2 Å². The van der Waals surface area contributed by atoms with Gasteiger partial charge in [0, 0.05) is 13.1 Å². The van der Waals surface area contributed by atoms with Crippen LogP contribution in [0.3, 0.4) is 0 Å². The quantitative estimate of drug-likeness (QED) is 0.433. The molecule has 174 valence electrons. The van der Waals surface area contributed by atoms with Crippen molar-refractivity contribution in [2.45, 2.75) is 43.5 Å². The molecule has 0 amide bonds. The molecule has 1 aliphatic heterocycles. The Bertz CT molecular complexity index is 1230. The number of para-hydroxylation sites is 1. The predicted molar refractivity (Wildman–Crippen MR) is 131 cm³/mol. The molecule has 0 bridgehead atoms. The number of ether oxygens (including phenoxy) is 1. The Balaban J connectivity index is 1.50. The lowest BCUT2D eigenvalue weighted by Gasteiger charge is -2.34. The zero-order valence-electron chi connectivity index (χ0n) is 19.4. The van der Waals surface area contributed by atoms with E-state index in [4.69, 9.17) is 4.74 Å². The van der Waals surface area contributed by atoms with Gasteiger partial charge >= 0.3 is 0 Å². The fourth-order valence-electron chi connectivity index (χ4n) is 4.30. The Morgan fingerprint density at radius 1 is 1.00 bits per heavy atom. The molecule has 3 aromatic carbocycles. The van der Waals surface area contributed by atoms with Gasteiger partial charge in [0.1, 0.15) is 5.75 Å². The Kier molecular flexibility index (Phi) is 6.63. The summed E-state index contributed by atoms with van der Waals surface area (Å²) >= 11 is 0. The number of phenols is 2. The number of anilines is 2. The average Bonchev–Trinajstić information content (AvgIpc) is 2.82. The van der Waals surface area contributed by atoms with Crippen LogP contribution in [-0.2, 0) is 17.3 Å². The molecule has 0 aliphatic carbocycles. The SMILES string of the molecule is COc1cc(C)c(O)c(CNCCCN2c3ccccc3S(=O)c3ccc(C)c(C)c32)c1O. The monoisotopic (exact) mass is 466 g/mol. The van der Waals surface area contributed by atoms with E-state index in [1.807, 2.05) is 36.4 Å². The van der Waals surface area contributed by atoms with Crippen LogP contribution < -0.4 is 15.0 Å². The molecule has 1 aliphatic rings. The normalized spacial score (nSPS) is 14.7. The van der Waals surface area contributed by atoms with Gasteiger partial charge in [0.2, 0.25) is 0 Å². The van der Waals surface area contributed by atoms with Gasteiger partial charge in [0.05, 0.1) is 44.6 Å². The Labute approximate surface area is 197 Å². The largest absolute Gasteiger partial charge is 0.507 e. The van der Waals surface area contributed by atoms with E-state index < -0.39 is 10.8 Å². The summed E-state index contributed by atoms with van der Waals surface area (Å²) in [7, 11) is 0.295. The minimum absolute atomic E-state index is 0.0411. The highest BCUT2D eigenvalue weighted by molar-refractivity contribution is 7.85. The van der Waals surface area contributed by atoms with Gasteiger partial charge in [-0.25, -0.2) is 4.21 Å². The molecule has 33 heavy (non-hydrogen) atoms. The van der Waals surface area contributed by atoms with Gasteiger partial charge in [-0.15, -0.1) is 0 Å². The van der Waals surface area contributed by atoms with Gasteiger partial charge in [-0.05, 0) is 74.7 Å². The molecule has 0 radical (unpaired) electrons. The molecular formula is C26H30N2O4S. The number of aryl methyl sites for hydroxylation is 2. The predicted octanol–water partition coefficient (Wildman–Crippen LogP) is 4.83. The summed E-state index contributed by atoms with van der Waals surface area (Å²) < 4.78 is 18.4. The summed E-state index contributed by atoms with van der Waals surface area (Å²) in [5.41, 5.74) is 5.42. The van der Waals surface area contributed by atoms with Crippen molar-refractivity contribution in [1.82, 2.24) is 5.32 Å². The maximum Gasteiger partial charge on any atom is 0.166 e. The molecule has 0 saturated carbocycles. The third-order valence-electron chi connectivity index (χ3n) is 6.27. The summed E-state index contributed by atoms with van der Waals surface area (Å²) in [4.78, 5) is 3.95. The molecule has 1 atom stereocenters. The van der Waals surface area contributed by atoms with E-state index in [9.17, 15) is 14.4 Å². The lowest BCUT2D eigenvalue weighted by molar-refractivity contribution is 0.362. The number of nitrogens with one attached hydrogen (secondary N) is 1. The zero-order valence-corrected chi connectivity index (χ0v) is 20.3. The van der Waals surface area contributed by atoms with Gasteiger partial charge in [0.15, 0.2) is 11.5 Å². The summed E-state index contributed by atoms with van der Waals surface area (Å²) in [6.07, 6.45) is 0.818. The van der Waals surface area contributed by atoms with Gasteiger partial charge < -0.3 is 25.2 Å². The van der Waals surface area contributed by atoms with Gasteiger partial charge in [0.25, 0.3) is 0 Å². The highest BCUT2D eigenvalue weighted by atomic mass is 32.2. The zero-order chi connectivity index (χ0) is 23.7. The third kappa shape index (κ3) is 4.18. The van der Waals surface area contributed by atoms with Crippen molar-refractivity contribution >= 4 is 22.2 Å². The Morgan fingerprint density at radius 3 is 2.52 bits per heavy atom. The van der Waals surface area contributed by atoms with Crippen molar-refractivity contribution in [3.05, 3.63) is 64.7 Å². The summed E-state index contributed by atoms with van der Waals surface area (Å²) in [6, 6.07) is 13.5. The van der Waals surface area contributed by atoms with E-state index in [1.54, 1.807) is 13.0 Å². The number of benzene rings is 3. The van der Waals surface area contributed by atoms with Crippen LogP contribution in [0.4, 0.5) is 11.4 Å². The first-order valence-electron chi connectivity index (χ1n) is 11.0. The highest BCUT2D eigenvalue weighted by Gasteiger charge is 2.29. The second-order valence-corrected chi connectivity index (χ2v) is 9.76. The van der Waals surface area contributed by atoms with Crippen molar-refractivity contribution in [3.8, 4) is 17.2 Å². The highest BCUT2D eigenvalue weighted by Crippen LogP contribution is 2.44. The van der Waals surface area contributed by atoms with Crippen LogP contribution in [-0.4, -0.2) is 34.6 Å². The molecule has 1 unspecified atom stereocenters. The maximum atomic E-state index is 13.2. The van der Waals surface area contributed by atoms with Crippen molar-refractivity contribution < 1.29 is 19.2 Å². The van der Waals surface area contributed by atoms with E-state index in [0.29, 0.717) is 30.0 Å². The van der Waals surface area contributed by atoms with Crippen LogP contribution in [0.15, 0.2) is 52.3 Å². The molecule has 1 heterocycles. The maximum absolute atomic E-state index is 13.2. The lowest BCUT2D eigenvalue weighted by Crippen LogP contribution is -2.28. The number of aromatic hydroxyl groups is 2. The number of nitrogens with zero attached hydrogens (tertiary/aromatic N) is 1. The molecule has 7 heteroatoms. The first kappa shape index (κ1) is 23.1. The average molecular weight is 467 g/mol. The molecule has 4 rings (SSSR count). The molecule has 6 nitrogen and oxygen atoms in total. The number of rotatable bonds is 7. The lowest BCUT2D eigenvalue weighted by atomic mass is 10.1. The van der Waals surface area contributed by atoms with Crippen LogP contribution in [0.1, 0.15) is 28.7 Å². The van der Waals surface area contributed by atoms with E-state index in [1.165, 1.54) is 12.7 Å². The fourth-order valence-corrected chi connectivity index (χ4v) is 5.74. The first-order valence-corrected chi connectivity index (χ1v) is 12.2. The van der Waals surface area contributed by atoms with Crippen LogP contribution in [0.25, 0.3) is 0 Å². The summed E-state index contributed by atoms with van der Waals surface area (Å²) in [5.74, 6) is 0.385. The minimum atomic E-state index is -1.20. The van der Waals surface area contributed by atoms with Crippen LogP contribution in [0.5, 0.6) is 17.2 Å². The van der Waals surface area contributed by atoms with Crippen molar-refractivity contribution in [2.75, 3.05) is 25.1 Å². The second kappa shape index (κ2) is 9.45. The fraction of sp³-hybridized carbons (Fsp3) is 0.308. The summed E-state index contributed by atoms with van der Waals surface area (Å²) in [6.45, 7) is 7.69. The molecule has 3 N–H and O–H groups in total. The van der Waals surface area contributed by atoms with Gasteiger partial charge in [-0.2, -0.15) is 0 Å². The molecule has 0 aromatic heterocycles. The Hall–Kier alpha value is -3.03. The topological polar surface area (TPSA) is 82.0 Å². The van der Waals surface area contributed by atoms with E-state index in [2.05, 4.69) is 24.1 Å². The number of fused-ring (bicyclic) bond motifs is 2. The number of hydrogen-bond donors (Lipinski definition) is 3.